The Morgan fingerprint density at radius 1 is 1.29 bits per heavy atom. The first kappa shape index (κ1) is 14.5. The van der Waals surface area contributed by atoms with Gasteiger partial charge in [0, 0.05) is 31.1 Å². The number of rotatable bonds is 6. The van der Waals surface area contributed by atoms with E-state index in [2.05, 4.69) is 41.4 Å². The molecular weight excluding hydrogens is 264 g/mol. The molecule has 0 saturated heterocycles. The van der Waals surface area contributed by atoms with E-state index in [1.807, 2.05) is 6.07 Å². The first-order chi connectivity index (χ1) is 10.0. The van der Waals surface area contributed by atoms with Gasteiger partial charge in [-0.05, 0) is 46.2 Å². The molecule has 3 N–H and O–H groups in total. The maximum atomic E-state index is 5.55. The Morgan fingerprint density at radius 3 is 2.48 bits per heavy atom. The molecule has 6 nitrogen and oxygen atoms in total. The molecule has 0 bridgehead atoms. The molecule has 116 valence electrons. The molecule has 0 aliphatic heterocycles. The average molecular weight is 290 g/mol. The Bertz CT molecular complexity index is 507. The lowest BCUT2D eigenvalue weighted by Gasteiger charge is -2.49. The second-order valence-electron chi connectivity index (χ2n) is 6.72. The lowest BCUT2D eigenvalue weighted by Crippen LogP contribution is -2.56. The van der Waals surface area contributed by atoms with Gasteiger partial charge < -0.3 is 15.2 Å². The van der Waals surface area contributed by atoms with Gasteiger partial charge in [0.25, 0.3) is 0 Å². The predicted octanol–water partition coefficient (Wildman–Crippen LogP) is 1.56. The van der Waals surface area contributed by atoms with E-state index >= 15 is 0 Å². The fourth-order valence-corrected chi connectivity index (χ4v) is 3.10. The van der Waals surface area contributed by atoms with Crippen molar-refractivity contribution in [3.8, 4) is 0 Å². The van der Waals surface area contributed by atoms with Crippen LogP contribution in [0, 0.1) is 0 Å². The van der Waals surface area contributed by atoms with E-state index < -0.39 is 0 Å². The van der Waals surface area contributed by atoms with E-state index in [4.69, 9.17) is 10.8 Å². The minimum Gasteiger partial charge on any atom is -0.358 e. The molecule has 1 aromatic heterocycles. The standard InChI is InChI=1S/C15H26N6/c1-20(2)15(7-4-8-15)10-21(3)13-9-12(19-16)17-14(18-13)11-5-6-11/h9,11H,4-8,10,16H2,1-3H3,(H,17,18,19). The number of nitrogen functional groups attached to an aromatic ring is 1. The molecule has 2 fully saturated rings. The molecule has 0 atom stereocenters. The fraction of sp³-hybridized carbons (Fsp3) is 0.733. The van der Waals surface area contributed by atoms with Gasteiger partial charge in [0.15, 0.2) is 0 Å². The van der Waals surface area contributed by atoms with Crippen molar-refractivity contribution in [1.29, 1.82) is 0 Å². The Labute approximate surface area is 126 Å². The monoisotopic (exact) mass is 290 g/mol. The van der Waals surface area contributed by atoms with Crippen LogP contribution in [0.2, 0.25) is 0 Å². The molecule has 3 rings (SSSR count). The molecule has 6 heteroatoms. The van der Waals surface area contributed by atoms with E-state index in [9.17, 15) is 0 Å². The zero-order valence-electron chi connectivity index (χ0n) is 13.3. The van der Waals surface area contributed by atoms with Crippen molar-refractivity contribution in [3.63, 3.8) is 0 Å². The SMILES string of the molecule is CN(CC1(N(C)C)CCC1)c1cc(NN)nc(C2CC2)n1. The molecule has 1 aromatic rings. The molecule has 0 radical (unpaired) electrons. The van der Waals surface area contributed by atoms with Crippen LogP contribution in [0.25, 0.3) is 0 Å². The summed E-state index contributed by atoms with van der Waals surface area (Å²) in [6.45, 7) is 0.991. The van der Waals surface area contributed by atoms with Crippen LogP contribution in [0.5, 0.6) is 0 Å². The maximum Gasteiger partial charge on any atom is 0.145 e. The molecule has 2 aliphatic carbocycles. The van der Waals surface area contributed by atoms with Crippen molar-refractivity contribution in [2.75, 3.05) is 38.0 Å². The number of likely N-dealkylation sites (N-methyl/N-ethyl adjacent to an activating group) is 2. The smallest absolute Gasteiger partial charge is 0.145 e. The first-order valence-electron chi connectivity index (χ1n) is 7.78. The summed E-state index contributed by atoms with van der Waals surface area (Å²) in [6, 6.07) is 1.94. The number of hydrogen-bond acceptors (Lipinski definition) is 6. The van der Waals surface area contributed by atoms with E-state index in [1.54, 1.807) is 0 Å². The number of hydrazine groups is 1. The number of hydrogen-bond donors (Lipinski definition) is 2. The Balaban J connectivity index is 1.80. The topological polar surface area (TPSA) is 70.3 Å². The Kier molecular flexibility index (Phi) is 3.75. The van der Waals surface area contributed by atoms with Crippen LogP contribution >= 0.6 is 0 Å². The minimum atomic E-state index is 0.287. The van der Waals surface area contributed by atoms with Crippen LogP contribution in [0.15, 0.2) is 6.07 Å². The summed E-state index contributed by atoms with van der Waals surface area (Å²) in [5, 5.41) is 0. The third kappa shape index (κ3) is 2.82. The van der Waals surface area contributed by atoms with Gasteiger partial charge in [-0.25, -0.2) is 15.8 Å². The highest BCUT2D eigenvalue weighted by molar-refractivity contribution is 5.49. The molecule has 21 heavy (non-hydrogen) atoms. The van der Waals surface area contributed by atoms with Gasteiger partial charge in [0.2, 0.25) is 0 Å². The first-order valence-corrected chi connectivity index (χ1v) is 7.78. The molecule has 0 spiro atoms. The van der Waals surface area contributed by atoms with Crippen LogP contribution in [-0.4, -0.2) is 48.1 Å². The zero-order valence-corrected chi connectivity index (χ0v) is 13.3. The van der Waals surface area contributed by atoms with Crippen LogP contribution in [0.1, 0.15) is 43.8 Å². The highest BCUT2D eigenvalue weighted by Gasteiger charge is 2.40. The van der Waals surface area contributed by atoms with Crippen LogP contribution in [-0.2, 0) is 0 Å². The number of nitrogens with zero attached hydrogens (tertiary/aromatic N) is 4. The van der Waals surface area contributed by atoms with E-state index in [1.165, 1.54) is 32.1 Å². The van der Waals surface area contributed by atoms with Crippen molar-refractivity contribution < 1.29 is 0 Å². The predicted molar refractivity (Wildman–Crippen MR) is 85.4 cm³/mol. The second kappa shape index (κ2) is 5.42. The van der Waals surface area contributed by atoms with Crippen molar-refractivity contribution >= 4 is 11.6 Å². The normalized spacial score (nSPS) is 20.2. The van der Waals surface area contributed by atoms with Crippen LogP contribution in [0.3, 0.4) is 0 Å². The summed E-state index contributed by atoms with van der Waals surface area (Å²) in [7, 11) is 6.47. The summed E-state index contributed by atoms with van der Waals surface area (Å²) in [5.74, 6) is 8.68. The summed E-state index contributed by atoms with van der Waals surface area (Å²) < 4.78 is 0. The summed E-state index contributed by atoms with van der Waals surface area (Å²) in [6.07, 6.45) is 6.22. The molecule has 0 amide bonds. The highest BCUT2D eigenvalue weighted by atomic mass is 15.3. The quantitative estimate of drug-likeness (QED) is 0.612. The second-order valence-corrected chi connectivity index (χ2v) is 6.72. The third-order valence-corrected chi connectivity index (χ3v) is 4.98. The Hall–Kier alpha value is -1.40. The summed E-state index contributed by atoms with van der Waals surface area (Å²) in [4.78, 5) is 13.8. The summed E-state index contributed by atoms with van der Waals surface area (Å²) in [5.41, 5.74) is 2.96. The number of nitrogens with one attached hydrogen (secondary N) is 1. The van der Waals surface area contributed by atoms with Gasteiger partial charge in [-0.3, -0.25) is 0 Å². The highest BCUT2D eigenvalue weighted by Crippen LogP contribution is 2.40. The molecule has 0 unspecified atom stereocenters. The largest absolute Gasteiger partial charge is 0.358 e. The van der Waals surface area contributed by atoms with E-state index in [0.717, 1.165) is 18.2 Å². The zero-order chi connectivity index (χ0) is 15.0. The van der Waals surface area contributed by atoms with Gasteiger partial charge in [-0.2, -0.15) is 0 Å². The molecule has 0 aromatic carbocycles. The number of anilines is 2. The van der Waals surface area contributed by atoms with Crippen LogP contribution < -0.4 is 16.2 Å². The van der Waals surface area contributed by atoms with Gasteiger partial charge in [-0.15, -0.1) is 0 Å². The van der Waals surface area contributed by atoms with E-state index in [0.29, 0.717) is 11.7 Å². The molecule has 2 aliphatic rings. The molecule has 1 heterocycles. The fourth-order valence-electron chi connectivity index (χ4n) is 3.10. The molecular formula is C15H26N6. The Morgan fingerprint density at radius 2 is 2.00 bits per heavy atom. The van der Waals surface area contributed by atoms with Gasteiger partial charge in [-0.1, -0.05) is 0 Å². The molecule has 2 saturated carbocycles. The lowest BCUT2D eigenvalue weighted by atomic mass is 9.75. The summed E-state index contributed by atoms with van der Waals surface area (Å²) >= 11 is 0. The number of nitrogens with two attached hydrogens (primary N) is 1. The van der Waals surface area contributed by atoms with E-state index in [-0.39, 0.29) is 5.54 Å². The van der Waals surface area contributed by atoms with Crippen molar-refractivity contribution in [2.45, 2.75) is 43.6 Å². The minimum absolute atomic E-state index is 0.287. The number of aromatic nitrogens is 2. The maximum absolute atomic E-state index is 5.55. The average Bonchev–Trinajstić information content (AvgIpc) is 3.26. The van der Waals surface area contributed by atoms with Crippen molar-refractivity contribution in [2.24, 2.45) is 5.84 Å². The van der Waals surface area contributed by atoms with Crippen molar-refractivity contribution in [1.82, 2.24) is 14.9 Å². The lowest BCUT2D eigenvalue weighted by molar-refractivity contribution is 0.0681. The van der Waals surface area contributed by atoms with Gasteiger partial charge >= 0.3 is 0 Å². The third-order valence-electron chi connectivity index (χ3n) is 4.98. The van der Waals surface area contributed by atoms with Gasteiger partial charge in [0.1, 0.15) is 17.5 Å². The van der Waals surface area contributed by atoms with Gasteiger partial charge in [0.05, 0.1) is 0 Å². The van der Waals surface area contributed by atoms with Crippen LogP contribution in [0.4, 0.5) is 11.6 Å². The van der Waals surface area contributed by atoms with Crippen molar-refractivity contribution in [3.05, 3.63) is 11.9 Å².